The minimum atomic E-state index is -0.0262. The van der Waals surface area contributed by atoms with Crippen LogP contribution in [0.2, 0.25) is 0 Å². The molecule has 0 spiro atoms. The third-order valence-electron chi connectivity index (χ3n) is 1.83. The Morgan fingerprint density at radius 2 is 2.20 bits per heavy atom. The van der Waals surface area contributed by atoms with Gasteiger partial charge in [-0.3, -0.25) is 4.79 Å². The van der Waals surface area contributed by atoms with Gasteiger partial charge in [0.2, 0.25) is 5.91 Å². The molecule has 0 aliphatic rings. The zero-order valence-electron chi connectivity index (χ0n) is 8.82. The van der Waals surface area contributed by atoms with E-state index in [1.165, 1.54) is 0 Å². The second kappa shape index (κ2) is 6.48. The maximum atomic E-state index is 11.4. The fourth-order valence-corrected chi connectivity index (χ4v) is 1.96. The smallest absolute Gasteiger partial charge is 0.225 e. The number of thioether (sulfide) groups is 1. The molecule has 0 fully saturated rings. The number of hydrogen-bond acceptors (Lipinski definition) is 3. The second-order valence-electron chi connectivity index (χ2n) is 3.02. The number of benzene rings is 1. The summed E-state index contributed by atoms with van der Waals surface area (Å²) in [5, 5.41) is 2.86. The highest BCUT2D eigenvalue weighted by atomic mass is 32.2. The van der Waals surface area contributed by atoms with Gasteiger partial charge in [0.25, 0.3) is 0 Å². The molecule has 0 aliphatic carbocycles. The highest BCUT2D eigenvalue weighted by Gasteiger charge is 2.04. The van der Waals surface area contributed by atoms with Crippen LogP contribution in [0.25, 0.3) is 0 Å². The Bertz CT molecular complexity index is 328. The van der Waals surface area contributed by atoms with Crippen LogP contribution in [0.4, 0.5) is 5.69 Å². The molecule has 0 saturated heterocycles. The van der Waals surface area contributed by atoms with Crippen LogP contribution < -0.4 is 11.1 Å². The molecule has 0 saturated carbocycles. The normalized spacial score (nSPS) is 10.0. The summed E-state index contributed by atoms with van der Waals surface area (Å²) in [6.07, 6.45) is 0.366. The lowest BCUT2D eigenvalue weighted by Gasteiger charge is -2.09. The van der Waals surface area contributed by atoms with Gasteiger partial charge in [-0.25, -0.2) is 0 Å². The number of para-hydroxylation sites is 1. The molecule has 0 radical (unpaired) electrons. The van der Waals surface area contributed by atoms with Crippen molar-refractivity contribution in [3.63, 3.8) is 0 Å². The minimum Gasteiger partial charge on any atom is -0.330 e. The number of rotatable bonds is 5. The quantitative estimate of drug-likeness (QED) is 0.753. The summed E-state index contributed by atoms with van der Waals surface area (Å²) >= 11 is 1.72. The molecule has 1 amide bonds. The molecule has 15 heavy (non-hydrogen) atoms. The highest BCUT2D eigenvalue weighted by molar-refractivity contribution is 7.99. The van der Waals surface area contributed by atoms with E-state index in [2.05, 4.69) is 12.2 Å². The number of hydrogen-bond donors (Lipinski definition) is 2. The zero-order chi connectivity index (χ0) is 11.1. The molecule has 3 nitrogen and oxygen atoms in total. The average molecular weight is 224 g/mol. The molecule has 1 aromatic rings. The van der Waals surface area contributed by atoms with Crippen LogP contribution in [-0.2, 0) is 4.79 Å². The number of anilines is 1. The SMILES string of the molecule is CCSc1ccccc1NC(=O)CCN. The Balaban J connectivity index is 2.70. The van der Waals surface area contributed by atoms with Gasteiger partial charge < -0.3 is 11.1 Å². The summed E-state index contributed by atoms with van der Waals surface area (Å²) < 4.78 is 0. The lowest BCUT2D eigenvalue weighted by molar-refractivity contribution is -0.116. The first-order valence-electron chi connectivity index (χ1n) is 4.99. The van der Waals surface area contributed by atoms with Crippen LogP contribution in [0.3, 0.4) is 0 Å². The van der Waals surface area contributed by atoms with E-state index in [0.717, 1.165) is 16.3 Å². The fraction of sp³-hybridized carbons (Fsp3) is 0.364. The zero-order valence-corrected chi connectivity index (χ0v) is 9.64. The molecule has 0 bridgehead atoms. The predicted octanol–water partition coefficient (Wildman–Crippen LogP) is 2.09. The Kier molecular flexibility index (Phi) is 5.21. The monoisotopic (exact) mass is 224 g/mol. The van der Waals surface area contributed by atoms with Crippen LogP contribution >= 0.6 is 11.8 Å². The van der Waals surface area contributed by atoms with Crippen LogP contribution in [0, 0.1) is 0 Å². The van der Waals surface area contributed by atoms with Crippen molar-refractivity contribution in [3.8, 4) is 0 Å². The Morgan fingerprint density at radius 1 is 1.47 bits per heavy atom. The van der Waals surface area contributed by atoms with Crippen molar-refractivity contribution < 1.29 is 4.79 Å². The van der Waals surface area contributed by atoms with Crippen molar-refractivity contribution >= 4 is 23.4 Å². The topological polar surface area (TPSA) is 55.1 Å². The van der Waals surface area contributed by atoms with Crippen molar-refractivity contribution in [3.05, 3.63) is 24.3 Å². The standard InChI is InChI=1S/C11H16N2OS/c1-2-15-10-6-4-3-5-9(10)13-11(14)7-8-12/h3-6H,2,7-8,12H2,1H3,(H,13,14). The molecule has 1 aromatic carbocycles. The van der Waals surface area contributed by atoms with Crippen LogP contribution in [0.5, 0.6) is 0 Å². The van der Waals surface area contributed by atoms with Crippen molar-refractivity contribution in [2.24, 2.45) is 5.73 Å². The Labute approximate surface area is 94.4 Å². The molecule has 0 aliphatic heterocycles. The fourth-order valence-electron chi connectivity index (χ4n) is 1.20. The van der Waals surface area contributed by atoms with Gasteiger partial charge in [0.05, 0.1) is 5.69 Å². The van der Waals surface area contributed by atoms with E-state index in [4.69, 9.17) is 5.73 Å². The summed E-state index contributed by atoms with van der Waals surface area (Å²) in [7, 11) is 0. The number of carbonyl (C=O) groups is 1. The van der Waals surface area contributed by atoms with Gasteiger partial charge >= 0.3 is 0 Å². The lowest BCUT2D eigenvalue weighted by atomic mass is 10.3. The summed E-state index contributed by atoms with van der Waals surface area (Å²) in [4.78, 5) is 12.5. The van der Waals surface area contributed by atoms with E-state index in [9.17, 15) is 4.79 Å². The third-order valence-corrected chi connectivity index (χ3v) is 2.79. The van der Waals surface area contributed by atoms with Gasteiger partial charge in [0.1, 0.15) is 0 Å². The number of nitrogens with two attached hydrogens (primary N) is 1. The minimum absolute atomic E-state index is 0.0262. The van der Waals surface area contributed by atoms with Crippen LogP contribution in [0.15, 0.2) is 29.2 Å². The molecule has 0 aromatic heterocycles. The second-order valence-corrected chi connectivity index (χ2v) is 4.32. The Hall–Kier alpha value is -1.00. The average Bonchev–Trinajstić information content (AvgIpc) is 2.21. The molecule has 4 heteroatoms. The Morgan fingerprint density at radius 3 is 2.87 bits per heavy atom. The number of nitrogens with one attached hydrogen (secondary N) is 1. The van der Waals surface area contributed by atoms with Gasteiger partial charge in [0.15, 0.2) is 0 Å². The molecule has 0 heterocycles. The third kappa shape index (κ3) is 3.93. The van der Waals surface area contributed by atoms with Gasteiger partial charge in [-0.05, 0) is 17.9 Å². The van der Waals surface area contributed by atoms with E-state index in [0.29, 0.717) is 13.0 Å². The summed E-state index contributed by atoms with van der Waals surface area (Å²) in [5.41, 5.74) is 6.19. The number of amides is 1. The lowest BCUT2D eigenvalue weighted by Crippen LogP contribution is -2.16. The summed E-state index contributed by atoms with van der Waals surface area (Å²) in [6.45, 7) is 2.47. The largest absolute Gasteiger partial charge is 0.330 e. The molecular formula is C11H16N2OS. The van der Waals surface area contributed by atoms with Crippen molar-refractivity contribution in [2.75, 3.05) is 17.6 Å². The highest BCUT2D eigenvalue weighted by Crippen LogP contribution is 2.26. The molecule has 82 valence electrons. The number of carbonyl (C=O) groups excluding carboxylic acids is 1. The molecule has 0 unspecified atom stereocenters. The first-order valence-corrected chi connectivity index (χ1v) is 5.98. The molecular weight excluding hydrogens is 208 g/mol. The van der Waals surface area contributed by atoms with Crippen molar-refractivity contribution in [1.82, 2.24) is 0 Å². The molecule has 1 rings (SSSR count). The predicted molar refractivity (Wildman–Crippen MR) is 65.1 cm³/mol. The maximum absolute atomic E-state index is 11.4. The van der Waals surface area contributed by atoms with Crippen molar-refractivity contribution in [1.29, 1.82) is 0 Å². The van der Waals surface area contributed by atoms with E-state index in [1.807, 2.05) is 24.3 Å². The van der Waals surface area contributed by atoms with Crippen molar-refractivity contribution in [2.45, 2.75) is 18.2 Å². The first-order chi connectivity index (χ1) is 7.27. The van der Waals surface area contributed by atoms with Gasteiger partial charge in [-0.1, -0.05) is 19.1 Å². The van der Waals surface area contributed by atoms with E-state index < -0.39 is 0 Å². The van der Waals surface area contributed by atoms with Gasteiger partial charge in [0, 0.05) is 17.9 Å². The molecule has 3 N–H and O–H groups in total. The van der Waals surface area contributed by atoms with Crippen LogP contribution in [0.1, 0.15) is 13.3 Å². The van der Waals surface area contributed by atoms with Crippen LogP contribution in [-0.4, -0.2) is 18.2 Å². The van der Waals surface area contributed by atoms with Gasteiger partial charge in [-0.2, -0.15) is 0 Å². The molecule has 0 atom stereocenters. The summed E-state index contributed by atoms with van der Waals surface area (Å²) in [5.74, 6) is 0.964. The van der Waals surface area contributed by atoms with E-state index in [1.54, 1.807) is 11.8 Å². The van der Waals surface area contributed by atoms with Gasteiger partial charge in [-0.15, -0.1) is 11.8 Å². The maximum Gasteiger partial charge on any atom is 0.225 e. The van der Waals surface area contributed by atoms with E-state index >= 15 is 0 Å². The summed E-state index contributed by atoms with van der Waals surface area (Å²) in [6, 6.07) is 7.80. The first kappa shape index (κ1) is 12.1. The van der Waals surface area contributed by atoms with E-state index in [-0.39, 0.29) is 5.91 Å².